The highest BCUT2D eigenvalue weighted by Gasteiger charge is 2.04. The number of aliphatic hydroxyl groups is 1. The summed E-state index contributed by atoms with van der Waals surface area (Å²) in [6.45, 7) is 0.350. The maximum Gasteiger partial charge on any atom is 0.224 e. The van der Waals surface area contributed by atoms with Crippen LogP contribution in [0.3, 0.4) is 0 Å². The van der Waals surface area contributed by atoms with Crippen LogP contribution < -0.4 is 10.6 Å². The van der Waals surface area contributed by atoms with E-state index in [0.29, 0.717) is 35.6 Å². The Labute approximate surface area is 119 Å². The Bertz CT molecular complexity index is 695. The highest BCUT2D eigenvalue weighted by Crippen LogP contribution is 2.14. The predicted molar refractivity (Wildman–Crippen MR) is 73.7 cm³/mol. The molecule has 0 aliphatic carbocycles. The zero-order valence-electron chi connectivity index (χ0n) is 10.9. The van der Waals surface area contributed by atoms with Crippen LogP contribution in [0.1, 0.15) is 11.5 Å². The number of nitrogens with zero attached hydrogens (tertiary/aromatic N) is 4. The van der Waals surface area contributed by atoms with Gasteiger partial charge in [0, 0.05) is 18.3 Å². The van der Waals surface area contributed by atoms with E-state index in [4.69, 9.17) is 9.63 Å². The Kier molecular flexibility index (Phi) is 3.74. The summed E-state index contributed by atoms with van der Waals surface area (Å²) in [5, 5.41) is 25.3. The lowest BCUT2D eigenvalue weighted by Crippen LogP contribution is -2.04. The number of aromatic nitrogens is 5. The van der Waals surface area contributed by atoms with E-state index >= 15 is 0 Å². The van der Waals surface area contributed by atoms with Crippen LogP contribution in [0.5, 0.6) is 0 Å². The van der Waals surface area contributed by atoms with Crippen LogP contribution in [-0.4, -0.2) is 30.4 Å². The summed E-state index contributed by atoms with van der Waals surface area (Å²) in [6, 6.07) is 5.17. The van der Waals surface area contributed by atoms with E-state index in [1.54, 1.807) is 30.6 Å². The lowest BCUT2D eigenvalue weighted by Gasteiger charge is -2.05. The van der Waals surface area contributed by atoms with Crippen molar-refractivity contribution in [1.29, 1.82) is 0 Å². The van der Waals surface area contributed by atoms with Gasteiger partial charge in [0.15, 0.2) is 11.6 Å². The first kappa shape index (κ1) is 13.1. The van der Waals surface area contributed by atoms with E-state index in [-0.39, 0.29) is 6.61 Å². The van der Waals surface area contributed by atoms with Crippen LogP contribution in [0.4, 0.5) is 17.6 Å². The van der Waals surface area contributed by atoms with Crippen LogP contribution >= 0.6 is 0 Å². The fourth-order valence-electron chi connectivity index (χ4n) is 1.65. The Morgan fingerprint density at radius 3 is 2.95 bits per heavy atom. The van der Waals surface area contributed by atoms with Crippen molar-refractivity contribution in [3.63, 3.8) is 0 Å². The number of H-pyrrole nitrogens is 1. The fraction of sp³-hybridized carbons (Fsp3) is 0.167. The number of hydrogen-bond donors (Lipinski definition) is 4. The summed E-state index contributed by atoms with van der Waals surface area (Å²) in [5.41, 5.74) is 0.621. The van der Waals surface area contributed by atoms with E-state index in [1.165, 1.54) is 0 Å². The number of anilines is 3. The van der Waals surface area contributed by atoms with E-state index < -0.39 is 0 Å². The number of aromatic amines is 1. The third-order valence-corrected chi connectivity index (χ3v) is 2.62. The normalized spacial score (nSPS) is 10.5. The smallest absolute Gasteiger partial charge is 0.224 e. The molecule has 9 heteroatoms. The monoisotopic (exact) mass is 287 g/mol. The van der Waals surface area contributed by atoms with Gasteiger partial charge >= 0.3 is 0 Å². The van der Waals surface area contributed by atoms with Crippen molar-refractivity contribution in [2.45, 2.75) is 13.2 Å². The number of rotatable bonds is 6. The Morgan fingerprint density at radius 1 is 1.24 bits per heavy atom. The van der Waals surface area contributed by atoms with Crippen LogP contribution in [0.15, 0.2) is 35.1 Å². The molecule has 0 amide bonds. The highest BCUT2D eigenvalue weighted by molar-refractivity contribution is 5.52. The third-order valence-electron chi connectivity index (χ3n) is 2.62. The minimum atomic E-state index is -0.0948. The molecule has 4 N–H and O–H groups in total. The lowest BCUT2D eigenvalue weighted by molar-refractivity contribution is 0.276. The minimum absolute atomic E-state index is 0.0948. The molecule has 0 aromatic carbocycles. The van der Waals surface area contributed by atoms with Crippen molar-refractivity contribution in [2.24, 2.45) is 0 Å². The molecule has 0 saturated heterocycles. The van der Waals surface area contributed by atoms with E-state index in [9.17, 15) is 0 Å². The van der Waals surface area contributed by atoms with Crippen LogP contribution in [0, 0.1) is 0 Å². The van der Waals surface area contributed by atoms with Gasteiger partial charge in [-0.05, 0) is 6.07 Å². The highest BCUT2D eigenvalue weighted by atomic mass is 16.5. The first-order chi connectivity index (χ1) is 10.3. The maximum atomic E-state index is 8.97. The summed E-state index contributed by atoms with van der Waals surface area (Å²) >= 11 is 0. The molecule has 0 aliphatic rings. The first-order valence-corrected chi connectivity index (χ1v) is 6.22. The van der Waals surface area contributed by atoms with Crippen molar-refractivity contribution in [2.75, 3.05) is 10.6 Å². The molecular formula is C12H13N7O2. The van der Waals surface area contributed by atoms with Gasteiger partial charge in [0.1, 0.15) is 5.82 Å². The number of hydrogen-bond acceptors (Lipinski definition) is 8. The third kappa shape index (κ3) is 3.34. The lowest BCUT2D eigenvalue weighted by atomic mass is 10.4. The quantitative estimate of drug-likeness (QED) is 0.530. The number of nitrogens with one attached hydrogen (secondary N) is 3. The molecule has 0 unspecified atom stereocenters. The van der Waals surface area contributed by atoms with Crippen LogP contribution in [-0.2, 0) is 13.2 Å². The topological polar surface area (TPSA) is 125 Å². The van der Waals surface area contributed by atoms with E-state index in [1.807, 2.05) is 0 Å². The molecule has 0 bridgehead atoms. The molecule has 21 heavy (non-hydrogen) atoms. The van der Waals surface area contributed by atoms with Gasteiger partial charge in [-0.15, -0.1) is 0 Å². The van der Waals surface area contributed by atoms with Crippen LogP contribution in [0.25, 0.3) is 0 Å². The average Bonchev–Trinajstić information content (AvgIpc) is 3.17. The van der Waals surface area contributed by atoms with Gasteiger partial charge in [-0.2, -0.15) is 10.1 Å². The van der Waals surface area contributed by atoms with Gasteiger partial charge in [0.2, 0.25) is 5.95 Å². The van der Waals surface area contributed by atoms with Gasteiger partial charge in [-0.3, -0.25) is 5.10 Å². The molecule has 0 radical (unpaired) electrons. The van der Waals surface area contributed by atoms with Gasteiger partial charge in [0.05, 0.1) is 25.0 Å². The van der Waals surface area contributed by atoms with Gasteiger partial charge in [0.25, 0.3) is 0 Å². The molecule has 0 saturated carbocycles. The standard InChI is InChI=1S/C12H13N7O2/c20-7-8-5-11(19-18-8)16-10-2-3-13-12(17-10)14-6-9-1-4-15-21-9/h1-5,20H,6-7H2,(H3,13,14,16,17,18,19). The van der Waals surface area contributed by atoms with Crippen molar-refractivity contribution >= 4 is 17.6 Å². The van der Waals surface area contributed by atoms with E-state index in [0.717, 1.165) is 0 Å². The molecule has 3 rings (SSSR count). The Hall–Kier alpha value is -2.94. The van der Waals surface area contributed by atoms with Gasteiger partial charge < -0.3 is 20.3 Å². The van der Waals surface area contributed by atoms with Crippen molar-refractivity contribution in [3.05, 3.63) is 42.0 Å². The fourth-order valence-corrected chi connectivity index (χ4v) is 1.65. The summed E-state index contributed by atoms with van der Waals surface area (Å²) in [4.78, 5) is 8.40. The summed E-state index contributed by atoms with van der Waals surface area (Å²) in [6.07, 6.45) is 3.20. The molecule has 3 aromatic heterocycles. The largest absolute Gasteiger partial charge is 0.390 e. The molecule has 108 valence electrons. The van der Waals surface area contributed by atoms with E-state index in [2.05, 4.69) is 36.0 Å². The van der Waals surface area contributed by atoms with Crippen LogP contribution in [0.2, 0.25) is 0 Å². The molecule has 0 spiro atoms. The molecular weight excluding hydrogens is 274 g/mol. The second-order valence-electron chi connectivity index (χ2n) is 4.16. The van der Waals surface area contributed by atoms with Gasteiger partial charge in [-0.25, -0.2) is 4.98 Å². The maximum absolute atomic E-state index is 8.97. The Balaban J connectivity index is 1.65. The molecule has 0 atom stereocenters. The second kappa shape index (κ2) is 6.01. The van der Waals surface area contributed by atoms with Crippen molar-refractivity contribution < 1.29 is 9.63 Å². The Morgan fingerprint density at radius 2 is 2.19 bits per heavy atom. The SMILES string of the molecule is OCc1cc(Nc2ccnc(NCc3ccno3)n2)n[nH]1. The zero-order valence-corrected chi connectivity index (χ0v) is 10.9. The minimum Gasteiger partial charge on any atom is -0.390 e. The summed E-state index contributed by atoms with van der Waals surface area (Å²) < 4.78 is 4.97. The number of aliphatic hydroxyl groups excluding tert-OH is 1. The summed E-state index contributed by atoms with van der Waals surface area (Å²) in [7, 11) is 0. The molecule has 0 fully saturated rings. The summed E-state index contributed by atoms with van der Waals surface area (Å²) in [5.74, 6) is 2.30. The zero-order chi connectivity index (χ0) is 14.5. The molecule has 9 nitrogen and oxygen atoms in total. The van der Waals surface area contributed by atoms with Crippen molar-refractivity contribution in [1.82, 2.24) is 25.3 Å². The molecule has 3 aromatic rings. The molecule has 3 heterocycles. The van der Waals surface area contributed by atoms with Crippen molar-refractivity contribution in [3.8, 4) is 0 Å². The first-order valence-electron chi connectivity index (χ1n) is 6.22. The average molecular weight is 287 g/mol. The second-order valence-corrected chi connectivity index (χ2v) is 4.16. The predicted octanol–water partition coefficient (Wildman–Crippen LogP) is 1.04. The van der Waals surface area contributed by atoms with Gasteiger partial charge in [-0.1, -0.05) is 5.16 Å². The molecule has 0 aliphatic heterocycles.